The molecule has 2 aliphatic carbocycles. The minimum absolute atomic E-state index is 0.0777. The molecule has 10 nitrogen and oxygen atoms in total. The number of fused-ring (bicyclic) bond motifs is 5. The summed E-state index contributed by atoms with van der Waals surface area (Å²) in [6.07, 6.45) is 6.28. The summed E-state index contributed by atoms with van der Waals surface area (Å²) in [5.74, 6) is 5.72. The molecule has 2 saturated carbocycles. The lowest BCUT2D eigenvalue weighted by molar-refractivity contribution is -0.153. The van der Waals surface area contributed by atoms with Gasteiger partial charge in [0.1, 0.15) is 29.9 Å². The quantitative estimate of drug-likeness (QED) is 0.400. The van der Waals surface area contributed by atoms with E-state index in [4.69, 9.17) is 14.2 Å². The molecule has 6 rings (SSSR count). The molecule has 0 spiro atoms. The fourth-order valence-electron chi connectivity index (χ4n) is 6.98. The zero-order valence-corrected chi connectivity index (χ0v) is 24.8. The number of amides is 2. The molecule has 4 aliphatic rings. The molecule has 2 aliphatic heterocycles. The van der Waals surface area contributed by atoms with Gasteiger partial charge in [0, 0.05) is 18.2 Å². The summed E-state index contributed by atoms with van der Waals surface area (Å²) in [4.78, 5) is 58.7. The third-order valence-electron chi connectivity index (χ3n) is 9.59. The Morgan fingerprint density at radius 3 is 2.65 bits per heavy atom. The van der Waals surface area contributed by atoms with E-state index in [1.54, 1.807) is 18.2 Å². The lowest BCUT2D eigenvalue weighted by Gasteiger charge is -2.41. The summed E-state index contributed by atoms with van der Waals surface area (Å²) in [5, 5.41) is 3.44. The first-order chi connectivity index (χ1) is 20.8. The van der Waals surface area contributed by atoms with Gasteiger partial charge >= 0.3 is 12.1 Å². The number of aromatic nitrogens is 1. The SMILES string of the molecule is COC(=O)[C@@H]1C[C@@H]2CN1C(=O)[C@H](C1(C)CCCCC1)NC(=O)O[C@@H]1C[C@H]1CCCC#Cc1c([nH]c3ccccc3c1=O)O2. The minimum Gasteiger partial charge on any atom is -0.473 e. The van der Waals surface area contributed by atoms with Gasteiger partial charge in [-0.15, -0.1) is 0 Å². The number of methoxy groups -OCH3 is 1. The van der Waals surface area contributed by atoms with Crippen LogP contribution in [0, 0.1) is 23.2 Å². The molecule has 3 fully saturated rings. The van der Waals surface area contributed by atoms with Crippen LogP contribution in [0.1, 0.15) is 76.7 Å². The van der Waals surface area contributed by atoms with Gasteiger partial charge in [0.25, 0.3) is 0 Å². The number of nitrogens with one attached hydrogen (secondary N) is 2. The molecule has 43 heavy (non-hydrogen) atoms. The first-order valence-electron chi connectivity index (χ1n) is 15.4. The average Bonchev–Trinajstić information content (AvgIpc) is 3.59. The standard InChI is InChI=1S/C33H39N3O7/c1-33(15-9-4-10-16-33)28-30(38)36-19-21(18-25(36)31(39)41-2)42-29-23(27(37)22-12-7-8-14-24(22)34-29)13-6-3-5-11-20-17-26(20)43-32(40)35-28/h7-8,12,14,20-21,25-26,28H,3-5,9-11,15-19H2,1-2H3,(H,34,37)(H,35,40)/t20-,21-,25+,26-,28-/m1/s1. The number of nitrogens with zero attached hydrogens (tertiary/aromatic N) is 1. The van der Waals surface area contributed by atoms with Gasteiger partial charge in [-0.1, -0.05) is 50.2 Å². The van der Waals surface area contributed by atoms with Gasteiger partial charge in [-0.05, 0) is 55.6 Å². The minimum atomic E-state index is -0.911. The van der Waals surface area contributed by atoms with Crippen molar-refractivity contribution < 1.29 is 28.6 Å². The molecule has 2 aromatic rings. The van der Waals surface area contributed by atoms with Gasteiger partial charge in [0.15, 0.2) is 0 Å². The van der Waals surface area contributed by atoms with Gasteiger partial charge < -0.3 is 29.4 Å². The number of esters is 1. The molecule has 2 bridgehead atoms. The van der Waals surface area contributed by atoms with Crippen molar-refractivity contribution in [2.45, 2.75) is 95.4 Å². The van der Waals surface area contributed by atoms with Crippen molar-refractivity contribution in [3.8, 4) is 17.7 Å². The summed E-state index contributed by atoms with van der Waals surface area (Å²) in [6, 6.07) is 5.40. The molecular formula is C33H39N3O7. The second kappa shape index (κ2) is 11.9. The Morgan fingerprint density at radius 1 is 1.07 bits per heavy atom. The van der Waals surface area contributed by atoms with Crippen LogP contribution < -0.4 is 15.5 Å². The first-order valence-corrected chi connectivity index (χ1v) is 15.4. The summed E-state index contributed by atoms with van der Waals surface area (Å²) in [6.45, 7) is 2.11. The zero-order chi connectivity index (χ0) is 30.1. The van der Waals surface area contributed by atoms with Crippen molar-refractivity contribution >= 4 is 28.9 Å². The van der Waals surface area contributed by atoms with Crippen molar-refractivity contribution in [2.24, 2.45) is 11.3 Å². The predicted octanol–water partition coefficient (Wildman–Crippen LogP) is 4.04. The molecule has 10 heteroatoms. The molecule has 1 saturated heterocycles. The zero-order valence-electron chi connectivity index (χ0n) is 24.8. The number of H-pyrrole nitrogens is 1. The summed E-state index contributed by atoms with van der Waals surface area (Å²) >= 11 is 0. The van der Waals surface area contributed by atoms with E-state index in [-0.39, 0.29) is 47.8 Å². The molecule has 2 N–H and O–H groups in total. The second-order valence-electron chi connectivity index (χ2n) is 12.6. The van der Waals surface area contributed by atoms with Crippen molar-refractivity contribution in [1.29, 1.82) is 0 Å². The number of hydrogen-bond donors (Lipinski definition) is 2. The van der Waals surface area contributed by atoms with Crippen LogP contribution in [0.25, 0.3) is 10.9 Å². The van der Waals surface area contributed by atoms with Crippen molar-refractivity contribution in [1.82, 2.24) is 15.2 Å². The van der Waals surface area contributed by atoms with Crippen LogP contribution >= 0.6 is 0 Å². The Labute approximate surface area is 250 Å². The van der Waals surface area contributed by atoms with E-state index in [1.807, 2.05) is 13.0 Å². The maximum Gasteiger partial charge on any atom is 0.408 e. The summed E-state index contributed by atoms with van der Waals surface area (Å²) in [7, 11) is 1.29. The Morgan fingerprint density at radius 2 is 1.86 bits per heavy atom. The fourth-order valence-corrected chi connectivity index (χ4v) is 6.98. The Bertz CT molecular complexity index is 1530. The molecule has 1 aromatic carbocycles. The monoisotopic (exact) mass is 589 g/mol. The van der Waals surface area contributed by atoms with Crippen LogP contribution in [-0.2, 0) is 19.1 Å². The molecule has 0 radical (unpaired) electrons. The summed E-state index contributed by atoms with van der Waals surface area (Å²) in [5.41, 5.74) is 0.111. The van der Waals surface area contributed by atoms with Crippen LogP contribution in [0.3, 0.4) is 0 Å². The highest BCUT2D eigenvalue weighted by molar-refractivity contribution is 5.91. The highest BCUT2D eigenvalue weighted by Gasteiger charge is 2.50. The smallest absolute Gasteiger partial charge is 0.408 e. The molecule has 5 atom stereocenters. The Balaban J connectivity index is 1.38. The highest BCUT2D eigenvalue weighted by Crippen LogP contribution is 2.41. The van der Waals surface area contributed by atoms with Gasteiger partial charge in [0.05, 0.1) is 19.2 Å². The van der Waals surface area contributed by atoms with Gasteiger partial charge in [-0.2, -0.15) is 0 Å². The van der Waals surface area contributed by atoms with Crippen LogP contribution in [0.5, 0.6) is 5.88 Å². The van der Waals surface area contributed by atoms with Crippen LogP contribution in [0.2, 0.25) is 0 Å². The largest absolute Gasteiger partial charge is 0.473 e. The van der Waals surface area contributed by atoms with Crippen LogP contribution in [0.15, 0.2) is 29.1 Å². The molecule has 0 unspecified atom stereocenters. The number of para-hydroxylation sites is 1. The third-order valence-corrected chi connectivity index (χ3v) is 9.59. The van der Waals surface area contributed by atoms with Gasteiger partial charge in [0.2, 0.25) is 17.2 Å². The number of benzene rings is 1. The predicted molar refractivity (Wildman–Crippen MR) is 158 cm³/mol. The van der Waals surface area contributed by atoms with Crippen LogP contribution in [-0.4, -0.2) is 65.8 Å². The van der Waals surface area contributed by atoms with E-state index in [9.17, 15) is 19.2 Å². The molecule has 2 amide bonds. The van der Waals surface area contributed by atoms with E-state index >= 15 is 0 Å². The number of hydrogen-bond acceptors (Lipinski definition) is 7. The lowest BCUT2D eigenvalue weighted by Crippen LogP contribution is -2.58. The highest BCUT2D eigenvalue weighted by atomic mass is 16.6. The van der Waals surface area contributed by atoms with Gasteiger partial charge in [-0.25, -0.2) is 9.59 Å². The van der Waals surface area contributed by atoms with Crippen LogP contribution in [0.4, 0.5) is 4.79 Å². The third kappa shape index (κ3) is 5.95. The van der Waals surface area contributed by atoms with E-state index in [0.717, 1.165) is 51.4 Å². The van der Waals surface area contributed by atoms with Crippen molar-refractivity contribution in [2.75, 3.05) is 13.7 Å². The summed E-state index contributed by atoms with van der Waals surface area (Å²) < 4.78 is 17.2. The Hall–Kier alpha value is -4.00. The maximum atomic E-state index is 14.4. The second-order valence-corrected chi connectivity index (χ2v) is 12.6. The number of ether oxygens (including phenoxy) is 3. The average molecular weight is 590 g/mol. The molecule has 3 heterocycles. The lowest BCUT2D eigenvalue weighted by atomic mass is 9.70. The number of alkyl carbamates (subject to hydrolysis) is 1. The number of pyridine rings is 1. The van der Waals surface area contributed by atoms with Crippen molar-refractivity contribution in [3.63, 3.8) is 0 Å². The number of carbonyl (C=O) groups excluding carboxylic acids is 3. The van der Waals surface area contributed by atoms with Crippen molar-refractivity contribution in [3.05, 3.63) is 40.1 Å². The number of carbonyl (C=O) groups is 3. The number of aromatic amines is 1. The molecular weight excluding hydrogens is 550 g/mol. The molecule has 1 aromatic heterocycles. The maximum absolute atomic E-state index is 14.4. The molecule has 228 valence electrons. The first kappa shape index (κ1) is 29.1. The fraction of sp³-hybridized carbons (Fsp3) is 0.576. The topological polar surface area (TPSA) is 127 Å². The van der Waals surface area contributed by atoms with E-state index in [2.05, 4.69) is 22.1 Å². The Kier molecular flexibility index (Phi) is 8.08. The number of rotatable bonds is 2. The van der Waals surface area contributed by atoms with E-state index < -0.39 is 35.7 Å². The van der Waals surface area contributed by atoms with Gasteiger partial charge in [-0.3, -0.25) is 9.59 Å². The van der Waals surface area contributed by atoms with E-state index in [0.29, 0.717) is 17.3 Å². The normalized spacial score (nSPS) is 28.9. The van der Waals surface area contributed by atoms with E-state index in [1.165, 1.54) is 12.0 Å².